The summed E-state index contributed by atoms with van der Waals surface area (Å²) in [6, 6.07) is 18.8. The van der Waals surface area contributed by atoms with Crippen molar-refractivity contribution < 1.29 is 0 Å². The highest BCUT2D eigenvalue weighted by Gasteiger charge is 2.33. The molecule has 1 atom stereocenters. The predicted octanol–water partition coefficient (Wildman–Crippen LogP) is 4.65. The number of nitrogens with zero attached hydrogens (tertiary/aromatic N) is 1. The van der Waals surface area contributed by atoms with E-state index in [1.807, 2.05) is 11.3 Å². The Morgan fingerprint density at radius 2 is 1.75 bits per heavy atom. The second kappa shape index (κ2) is 5.69. The van der Waals surface area contributed by atoms with E-state index in [2.05, 4.69) is 65.8 Å². The van der Waals surface area contributed by atoms with Crippen molar-refractivity contribution in [2.24, 2.45) is 0 Å². The summed E-state index contributed by atoms with van der Waals surface area (Å²) in [6.45, 7) is 2.40. The van der Waals surface area contributed by atoms with Crippen molar-refractivity contribution in [2.45, 2.75) is 24.9 Å². The summed E-state index contributed by atoms with van der Waals surface area (Å²) < 4.78 is 1.41. The molecule has 1 aliphatic heterocycles. The van der Waals surface area contributed by atoms with Crippen LogP contribution in [0.4, 0.5) is 0 Å². The van der Waals surface area contributed by atoms with Crippen LogP contribution in [0.1, 0.15) is 29.3 Å². The summed E-state index contributed by atoms with van der Waals surface area (Å²) in [5.74, 6) is 0. The molecule has 3 aromatic rings. The highest BCUT2D eigenvalue weighted by atomic mass is 32.1. The Bertz CT molecular complexity index is 890. The molecule has 1 aromatic heterocycles. The van der Waals surface area contributed by atoms with Gasteiger partial charge in [-0.1, -0.05) is 42.5 Å². The molecule has 1 saturated heterocycles. The van der Waals surface area contributed by atoms with E-state index < -0.39 is 0 Å². The van der Waals surface area contributed by atoms with Gasteiger partial charge in [-0.05, 0) is 50.2 Å². The van der Waals surface area contributed by atoms with Gasteiger partial charge in [0.1, 0.15) is 0 Å². The van der Waals surface area contributed by atoms with Gasteiger partial charge in [0.15, 0.2) is 0 Å². The second-order valence-electron chi connectivity index (χ2n) is 7.10. The smallest absolute Gasteiger partial charge is 0.0685 e. The van der Waals surface area contributed by atoms with Crippen LogP contribution < -0.4 is 5.32 Å². The molecule has 24 heavy (non-hydrogen) atoms. The lowest BCUT2D eigenvalue weighted by atomic mass is 10.0. The van der Waals surface area contributed by atoms with Crippen LogP contribution in [0.5, 0.6) is 0 Å². The van der Waals surface area contributed by atoms with Crippen LogP contribution in [0.3, 0.4) is 0 Å². The standard InChI is InChI=1S/C21H22N2S/c1-23-12-10-14(11-13-23)22-20-16-7-3-2-6-15(16)19-17-8-4-5-9-18(17)24-21(19)20/h2-9,14,20,22H,10-13H2,1H3. The van der Waals surface area contributed by atoms with Gasteiger partial charge in [-0.2, -0.15) is 0 Å². The first-order chi connectivity index (χ1) is 11.8. The van der Waals surface area contributed by atoms with Gasteiger partial charge in [-0.15, -0.1) is 11.3 Å². The van der Waals surface area contributed by atoms with Crippen molar-refractivity contribution in [1.82, 2.24) is 10.2 Å². The number of likely N-dealkylation sites (tertiary alicyclic amines) is 1. The Morgan fingerprint density at radius 3 is 2.62 bits per heavy atom. The van der Waals surface area contributed by atoms with Gasteiger partial charge in [0.05, 0.1) is 6.04 Å². The topological polar surface area (TPSA) is 15.3 Å². The fourth-order valence-corrected chi connectivity index (χ4v) is 5.54. The van der Waals surface area contributed by atoms with Gasteiger partial charge >= 0.3 is 0 Å². The maximum Gasteiger partial charge on any atom is 0.0685 e. The molecule has 2 nitrogen and oxygen atoms in total. The number of hydrogen-bond acceptors (Lipinski definition) is 3. The van der Waals surface area contributed by atoms with E-state index in [9.17, 15) is 0 Å². The van der Waals surface area contributed by atoms with Gasteiger partial charge < -0.3 is 10.2 Å². The van der Waals surface area contributed by atoms with Gasteiger partial charge in [0, 0.05) is 26.6 Å². The van der Waals surface area contributed by atoms with Crippen molar-refractivity contribution in [3.05, 3.63) is 59.0 Å². The average molecular weight is 334 g/mol. The number of hydrogen-bond donors (Lipinski definition) is 1. The molecule has 122 valence electrons. The number of piperidine rings is 1. The van der Waals surface area contributed by atoms with Crippen molar-refractivity contribution in [3.63, 3.8) is 0 Å². The normalized spacial score (nSPS) is 21.1. The molecule has 0 bridgehead atoms. The molecule has 0 radical (unpaired) electrons. The average Bonchev–Trinajstić information content (AvgIpc) is 3.13. The minimum atomic E-state index is 0.363. The third kappa shape index (κ3) is 2.23. The lowest BCUT2D eigenvalue weighted by Crippen LogP contribution is -2.42. The van der Waals surface area contributed by atoms with E-state index in [-0.39, 0.29) is 0 Å². The third-order valence-electron chi connectivity index (χ3n) is 5.55. The number of nitrogens with one attached hydrogen (secondary N) is 1. The molecule has 0 spiro atoms. The zero-order valence-electron chi connectivity index (χ0n) is 14.0. The molecule has 1 unspecified atom stereocenters. The van der Waals surface area contributed by atoms with E-state index in [1.54, 1.807) is 0 Å². The highest BCUT2D eigenvalue weighted by Crippen LogP contribution is 2.51. The van der Waals surface area contributed by atoms with Crippen molar-refractivity contribution >= 4 is 21.4 Å². The SMILES string of the molecule is CN1CCC(NC2c3ccccc3-c3c2sc2ccccc32)CC1. The molecule has 2 aliphatic rings. The third-order valence-corrected chi connectivity index (χ3v) is 6.78. The summed E-state index contributed by atoms with van der Waals surface area (Å²) in [6.07, 6.45) is 2.49. The number of benzene rings is 2. The molecule has 3 heteroatoms. The minimum absolute atomic E-state index is 0.363. The first kappa shape index (κ1) is 14.6. The van der Waals surface area contributed by atoms with Crippen LogP contribution in [0.25, 0.3) is 21.2 Å². The second-order valence-corrected chi connectivity index (χ2v) is 8.19. The monoisotopic (exact) mass is 334 g/mol. The lowest BCUT2D eigenvalue weighted by molar-refractivity contribution is 0.230. The summed E-state index contributed by atoms with van der Waals surface area (Å²) in [4.78, 5) is 3.95. The first-order valence-corrected chi connectivity index (χ1v) is 9.68. The van der Waals surface area contributed by atoms with E-state index in [0.29, 0.717) is 12.1 Å². The molecule has 5 rings (SSSR count). The molecule has 1 N–H and O–H groups in total. The first-order valence-electron chi connectivity index (χ1n) is 8.86. The Kier molecular flexibility index (Phi) is 3.47. The van der Waals surface area contributed by atoms with Gasteiger partial charge in [-0.3, -0.25) is 0 Å². The van der Waals surface area contributed by atoms with E-state index in [4.69, 9.17) is 0 Å². The zero-order chi connectivity index (χ0) is 16.1. The van der Waals surface area contributed by atoms with Crippen molar-refractivity contribution in [2.75, 3.05) is 20.1 Å². The van der Waals surface area contributed by atoms with E-state index >= 15 is 0 Å². The Balaban J connectivity index is 1.58. The molecule has 1 fully saturated rings. The quantitative estimate of drug-likeness (QED) is 0.733. The van der Waals surface area contributed by atoms with E-state index in [1.165, 1.54) is 57.6 Å². The van der Waals surface area contributed by atoms with Crippen LogP contribution in [0.2, 0.25) is 0 Å². The van der Waals surface area contributed by atoms with Crippen LogP contribution >= 0.6 is 11.3 Å². The molecule has 1 aliphatic carbocycles. The zero-order valence-corrected chi connectivity index (χ0v) is 14.8. The minimum Gasteiger partial charge on any atom is -0.306 e. The van der Waals surface area contributed by atoms with Gasteiger partial charge in [0.25, 0.3) is 0 Å². The van der Waals surface area contributed by atoms with Gasteiger partial charge in [0.2, 0.25) is 0 Å². The maximum atomic E-state index is 4.00. The molecule has 2 heterocycles. The van der Waals surface area contributed by atoms with Crippen LogP contribution in [0.15, 0.2) is 48.5 Å². The number of fused-ring (bicyclic) bond motifs is 5. The van der Waals surface area contributed by atoms with Crippen LogP contribution in [-0.2, 0) is 0 Å². The predicted molar refractivity (Wildman–Crippen MR) is 103 cm³/mol. The molecular formula is C21H22N2S. The fraction of sp³-hybridized carbons (Fsp3) is 0.333. The Labute approximate surface area is 147 Å². The summed E-state index contributed by atoms with van der Waals surface area (Å²) in [5, 5.41) is 5.41. The fourth-order valence-electron chi connectivity index (χ4n) is 4.24. The molecule has 0 saturated carbocycles. The summed E-state index contributed by atoms with van der Waals surface area (Å²) >= 11 is 1.97. The summed E-state index contributed by atoms with van der Waals surface area (Å²) in [7, 11) is 2.23. The van der Waals surface area contributed by atoms with Crippen molar-refractivity contribution in [3.8, 4) is 11.1 Å². The lowest BCUT2D eigenvalue weighted by Gasteiger charge is -2.31. The number of thiophene rings is 1. The Hall–Kier alpha value is -1.68. The molecule has 2 aromatic carbocycles. The summed E-state index contributed by atoms with van der Waals surface area (Å²) in [5.41, 5.74) is 4.36. The largest absolute Gasteiger partial charge is 0.306 e. The molecular weight excluding hydrogens is 312 g/mol. The van der Waals surface area contributed by atoms with Gasteiger partial charge in [-0.25, -0.2) is 0 Å². The number of rotatable bonds is 2. The van der Waals surface area contributed by atoms with Crippen molar-refractivity contribution in [1.29, 1.82) is 0 Å². The highest BCUT2D eigenvalue weighted by molar-refractivity contribution is 7.20. The Morgan fingerprint density at radius 1 is 1.00 bits per heavy atom. The molecule has 0 amide bonds. The van der Waals surface area contributed by atoms with E-state index in [0.717, 1.165) is 0 Å². The maximum absolute atomic E-state index is 4.00. The van der Waals surface area contributed by atoms with Crippen LogP contribution in [-0.4, -0.2) is 31.1 Å². The van der Waals surface area contributed by atoms with Crippen LogP contribution in [0, 0.1) is 0 Å².